The van der Waals surface area contributed by atoms with E-state index in [1.54, 1.807) is 0 Å². The Morgan fingerprint density at radius 3 is 1.17 bits per heavy atom. The molecule has 0 bridgehead atoms. The summed E-state index contributed by atoms with van der Waals surface area (Å²) in [4.78, 5) is 26.6. The first kappa shape index (κ1) is 19.2. The Bertz CT molecular complexity index is 637. The fourth-order valence-corrected chi connectivity index (χ4v) is 1.81. The highest BCUT2D eigenvalue weighted by molar-refractivity contribution is 5.35. The van der Waals surface area contributed by atoms with Crippen LogP contribution in [0.25, 0.3) is 0 Å². The lowest BCUT2D eigenvalue weighted by molar-refractivity contribution is 0.562. The molecule has 0 spiro atoms. The molecule has 0 amide bonds. The minimum atomic E-state index is 0.334. The molecule has 2 aromatic carbocycles. The smallest absolute Gasteiger partial charge is 0.235 e. The van der Waals surface area contributed by atoms with Crippen LogP contribution >= 0.6 is 0 Å². The lowest BCUT2D eigenvalue weighted by Crippen LogP contribution is -1.98. The summed E-state index contributed by atoms with van der Waals surface area (Å²) >= 11 is 0. The van der Waals surface area contributed by atoms with Gasteiger partial charge in [-0.25, -0.2) is 19.6 Å². The maximum Gasteiger partial charge on any atom is 0.235 e. The minimum Gasteiger partial charge on any atom is -0.326 e. The third-order valence-electron chi connectivity index (χ3n) is 3.17. The van der Waals surface area contributed by atoms with Crippen molar-refractivity contribution in [1.29, 1.82) is 0 Å². The first-order valence-electron chi connectivity index (χ1n) is 7.36. The number of hydrogen-bond donors (Lipinski definition) is 2. The van der Waals surface area contributed by atoms with Gasteiger partial charge in [0.2, 0.25) is 12.2 Å². The molecule has 0 atom stereocenters. The molecule has 0 aliphatic rings. The molecular formula is C18H20N4O2. The van der Waals surface area contributed by atoms with Gasteiger partial charge in [0.05, 0.1) is 13.1 Å². The predicted molar refractivity (Wildman–Crippen MR) is 92.3 cm³/mol. The quantitative estimate of drug-likeness (QED) is 0.625. The molecular weight excluding hydrogens is 304 g/mol. The van der Waals surface area contributed by atoms with E-state index < -0.39 is 0 Å². The number of nitrogens with two attached hydrogens (primary N) is 2. The highest BCUT2D eigenvalue weighted by Crippen LogP contribution is 2.06. The second-order valence-electron chi connectivity index (χ2n) is 4.86. The van der Waals surface area contributed by atoms with Crippen LogP contribution in [0.1, 0.15) is 22.3 Å². The van der Waals surface area contributed by atoms with Crippen LogP contribution in [0.3, 0.4) is 0 Å². The third-order valence-corrected chi connectivity index (χ3v) is 3.17. The maximum absolute atomic E-state index is 9.84. The molecule has 0 aromatic heterocycles. The zero-order valence-corrected chi connectivity index (χ0v) is 13.3. The van der Waals surface area contributed by atoms with Gasteiger partial charge in [-0.3, -0.25) is 0 Å². The third kappa shape index (κ3) is 7.40. The van der Waals surface area contributed by atoms with Crippen molar-refractivity contribution in [3.05, 3.63) is 70.8 Å². The van der Waals surface area contributed by atoms with Crippen molar-refractivity contribution in [1.82, 2.24) is 0 Å². The zero-order chi connectivity index (χ0) is 17.6. The van der Waals surface area contributed by atoms with E-state index in [9.17, 15) is 9.59 Å². The summed E-state index contributed by atoms with van der Waals surface area (Å²) in [5.74, 6) is 0. The van der Waals surface area contributed by atoms with Crippen molar-refractivity contribution in [3.63, 3.8) is 0 Å². The number of carbonyl (C=O) groups excluding carboxylic acids is 2. The summed E-state index contributed by atoms with van der Waals surface area (Å²) in [7, 11) is 0. The molecule has 0 fully saturated rings. The summed E-state index contributed by atoms with van der Waals surface area (Å²) in [6.45, 7) is 1.87. The Hall–Kier alpha value is -2.88. The predicted octanol–water partition coefficient (Wildman–Crippen LogP) is 1.96. The molecule has 0 saturated heterocycles. The first-order chi connectivity index (χ1) is 11.7. The second-order valence-corrected chi connectivity index (χ2v) is 4.86. The number of benzene rings is 2. The van der Waals surface area contributed by atoms with Gasteiger partial charge in [0.1, 0.15) is 0 Å². The Balaban J connectivity index is 0.000000254. The summed E-state index contributed by atoms with van der Waals surface area (Å²) in [6, 6.07) is 15.3. The van der Waals surface area contributed by atoms with Crippen LogP contribution in [0.15, 0.2) is 58.5 Å². The average Bonchev–Trinajstić information content (AvgIpc) is 2.66. The normalized spacial score (nSPS) is 9.08. The van der Waals surface area contributed by atoms with E-state index in [1.807, 2.05) is 48.5 Å². The minimum absolute atomic E-state index is 0.334. The van der Waals surface area contributed by atoms with Gasteiger partial charge in [0.25, 0.3) is 0 Å². The van der Waals surface area contributed by atoms with Gasteiger partial charge < -0.3 is 11.5 Å². The molecule has 6 heteroatoms. The summed E-state index contributed by atoms with van der Waals surface area (Å²) in [5, 5.41) is 0. The molecule has 124 valence electrons. The van der Waals surface area contributed by atoms with Gasteiger partial charge in [-0.2, -0.15) is 0 Å². The van der Waals surface area contributed by atoms with Gasteiger partial charge in [-0.1, -0.05) is 48.5 Å². The number of hydrogen-bond acceptors (Lipinski definition) is 6. The van der Waals surface area contributed by atoms with Crippen molar-refractivity contribution in [2.24, 2.45) is 21.5 Å². The van der Waals surface area contributed by atoms with Gasteiger partial charge in [0.15, 0.2) is 0 Å². The molecule has 0 radical (unpaired) electrons. The lowest BCUT2D eigenvalue weighted by Gasteiger charge is -1.97. The van der Waals surface area contributed by atoms with Gasteiger partial charge in [0, 0.05) is 13.1 Å². The largest absolute Gasteiger partial charge is 0.326 e. The standard InChI is InChI=1S/C10H8N2O2.C8H12N2/c13-7-11-5-9-1-2-10(4-3-9)6-12-8-14;9-5-7-1-2-8(6-10)4-3-7/h1-4H,5-6H2;1-4H,5-6,9-10H2. The molecule has 2 aromatic rings. The van der Waals surface area contributed by atoms with E-state index in [-0.39, 0.29) is 0 Å². The monoisotopic (exact) mass is 324 g/mol. The number of isocyanates is 2. The van der Waals surface area contributed by atoms with Crippen LogP contribution in [-0.4, -0.2) is 12.2 Å². The molecule has 0 aliphatic carbocycles. The average molecular weight is 324 g/mol. The molecule has 2 rings (SSSR count). The Morgan fingerprint density at radius 1 is 0.625 bits per heavy atom. The van der Waals surface area contributed by atoms with Crippen molar-refractivity contribution < 1.29 is 9.59 Å². The SMILES string of the molecule is NCc1ccc(CN)cc1.O=C=NCc1ccc(CN=C=O)cc1. The Morgan fingerprint density at radius 2 is 0.917 bits per heavy atom. The van der Waals surface area contributed by atoms with E-state index in [0.717, 1.165) is 22.3 Å². The van der Waals surface area contributed by atoms with E-state index >= 15 is 0 Å². The summed E-state index contributed by atoms with van der Waals surface area (Å²) in [5.41, 5.74) is 15.0. The van der Waals surface area contributed by atoms with Gasteiger partial charge in [-0.15, -0.1) is 0 Å². The van der Waals surface area contributed by atoms with Crippen LogP contribution in [0, 0.1) is 0 Å². The Labute approximate surface area is 140 Å². The number of nitrogens with zero attached hydrogens (tertiary/aromatic N) is 2. The second kappa shape index (κ2) is 11.7. The van der Waals surface area contributed by atoms with Crippen molar-refractivity contribution >= 4 is 12.2 Å². The molecule has 0 unspecified atom stereocenters. The Kier molecular flexibility index (Phi) is 9.31. The molecule has 0 aliphatic heterocycles. The van der Waals surface area contributed by atoms with E-state index in [0.29, 0.717) is 26.2 Å². The molecule has 4 N–H and O–H groups in total. The fourth-order valence-electron chi connectivity index (χ4n) is 1.81. The molecule has 6 nitrogen and oxygen atoms in total. The molecule has 24 heavy (non-hydrogen) atoms. The van der Waals surface area contributed by atoms with Gasteiger partial charge >= 0.3 is 0 Å². The fraction of sp³-hybridized carbons (Fsp3) is 0.222. The number of aliphatic imine (C=N–C) groups is 2. The van der Waals surface area contributed by atoms with Crippen molar-refractivity contribution in [2.45, 2.75) is 26.2 Å². The van der Waals surface area contributed by atoms with Gasteiger partial charge in [-0.05, 0) is 22.3 Å². The topological polar surface area (TPSA) is 111 Å². The summed E-state index contributed by atoms with van der Waals surface area (Å²) in [6.07, 6.45) is 2.94. The van der Waals surface area contributed by atoms with Crippen molar-refractivity contribution in [3.8, 4) is 0 Å². The van der Waals surface area contributed by atoms with E-state index in [1.165, 1.54) is 12.2 Å². The lowest BCUT2D eigenvalue weighted by atomic mass is 10.1. The highest BCUT2D eigenvalue weighted by Gasteiger charge is 1.92. The molecule has 0 saturated carbocycles. The molecule has 0 heterocycles. The zero-order valence-electron chi connectivity index (χ0n) is 13.3. The van der Waals surface area contributed by atoms with Crippen LogP contribution in [0.2, 0.25) is 0 Å². The summed E-state index contributed by atoms with van der Waals surface area (Å²) < 4.78 is 0. The van der Waals surface area contributed by atoms with Crippen molar-refractivity contribution in [2.75, 3.05) is 0 Å². The van der Waals surface area contributed by atoms with Crippen LogP contribution in [0.4, 0.5) is 0 Å². The first-order valence-corrected chi connectivity index (χ1v) is 7.36. The maximum atomic E-state index is 9.84. The van der Waals surface area contributed by atoms with E-state index in [4.69, 9.17) is 11.5 Å². The van der Waals surface area contributed by atoms with Crippen LogP contribution < -0.4 is 11.5 Å². The van der Waals surface area contributed by atoms with Crippen LogP contribution in [0.5, 0.6) is 0 Å². The number of rotatable bonds is 6. The van der Waals surface area contributed by atoms with Crippen LogP contribution in [-0.2, 0) is 35.8 Å². The highest BCUT2D eigenvalue weighted by atomic mass is 16.1. The van der Waals surface area contributed by atoms with E-state index in [2.05, 4.69) is 9.98 Å².